The van der Waals surface area contributed by atoms with Crippen molar-refractivity contribution in [2.45, 2.75) is 13.3 Å². The SMILES string of the molecule is CCC(=O)c1ccc2ccc3ccccc3c2c1. The molecule has 0 aromatic heterocycles. The molecule has 0 spiro atoms. The molecule has 0 radical (unpaired) electrons. The van der Waals surface area contributed by atoms with Gasteiger partial charge in [-0.05, 0) is 27.6 Å². The molecule has 0 unspecified atom stereocenters. The molecule has 3 aromatic carbocycles. The van der Waals surface area contributed by atoms with Gasteiger partial charge in [-0.15, -0.1) is 0 Å². The lowest BCUT2D eigenvalue weighted by Gasteiger charge is -2.05. The summed E-state index contributed by atoms with van der Waals surface area (Å²) in [5.41, 5.74) is 0.807. The minimum atomic E-state index is 0.199. The normalized spacial score (nSPS) is 10.9. The van der Waals surface area contributed by atoms with Gasteiger partial charge >= 0.3 is 0 Å². The summed E-state index contributed by atoms with van der Waals surface area (Å²) in [6.07, 6.45) is 0.552. The highest BCUT2D eigenvalue weighted by atomic mass is 16.1. The Hall–Kier alpha value is -2.15. The van der Waals surface area contributed by atoms with Crippen molar-refractivity contribution >= 4 is 27.3 Å². The van der Waals surface area contributed by atoms with Crippen LogP contribution in [0.5, 0.6) is 0 Å². The van der Waals surface area contributed by atoms with Gasteiger partial charge in [0.1, 0.15) is 0 Å². The lowest BCUT2D eigenvalue weighted by molar-refractivity contribution is 0.0988. The Morgan fingerprint density at radius 2 is 1.56 bits per heavy atom. The zero-order valence-electron chi connectivity index (χ0n) is 10.3. The summed E-state index contributed by atoms with van der Waals surface area (Å²) >= 11 is 0. The van der Waals surface area contributed by atoms with Crippen LogP contribution in [0.2, 0.25) is 0 Å². The number of carbonyl (C=O) groups excluding carboxylic acids is 1. The average molecular weight is 234 g/mol. The van der Waals surface area contributed by atoms with Gasteiger partial charge in [0, 0.05) is 12.0 Å². The number of ketones is 1. The number of hydrogen-bond donors (Lipinski definition) is 0. The zero-order chi connectivity index (χ0) is 12.5. The van der Waals surface area contributed by atoms with Crippen molar-refractivity contribution in [2.24, 2.45) is 0 Å². The second-order valence-corrected chi connectivity index (χ2v) is 4.50. The molecule has 18 heavy (non-hydrogen) atoms. The molecule has 1 nitrogen and oxygen atoms in total. The average Bonchev–Trinajstić information content (AvgIpc) is 2.45. The monoisotopic (exact) mass is 234 g/mol. The summed E-state index contributed by atoms with van der Waals surface area (Å²) in [7, 11) is 0. The van der Waals surface area contributed by atoms with Crippen molar-refractivity contribution in [1.82, 2.24) is 0 Å². The van der Waals surface area contributed by atoms with Crippen molar-refractivity contribution in [3.05, 3.63) is 60.2 Å². The minimum absolute atomic E-state index is 0.199. The highest BCUT2D eigenvalue weighted by molar-refractivity contribution is 6.10. The van der Waals surface area contributed by atoms with E-state index in [1.165, 1.54) is 16.2 Å². The number of fused-ring (bicyclic) bond motifs is 3. The Balaban J connectivity index is 2.36. The Kier molecular flexibility index (Phi) is 2.60. The van der Waals surface area contributed by atoms with Crippen LogP contribution in [0.3, 0.4) is 0 Å². The van der Waals surface area contributed by atoms with Gasteiger partial charge in [-0.25, -0.2) is 0 Å². The predicted octanol–water partition coefficient (Wildman–Crippen LogP) is 4.59. The molecule has 88 valence electrons. The van der Waals surface area contributed by atoms with Crippen LogP contribution in [-0.4, -0.2) is 5.78 Å². The van der Waals surface area contributed by atoms with Crippen LogP contribution in [0.1, 0.15) is 23.7 Å². The van der Waals surface area contributed by atoms with E-state index in [0.717, 1.165) is 10.9 Å². The molecule has 0 heterocycles. The van der Waals surface area contributed by atoms with Crippen molar-refractivity contribution in [3.63, 3.8) is 0 Å². The molecule has 0 aliphatic carbocycles. The molecule has 1 heteroatoms. The summed E-state index contributed by atoms with van der Waals surface area (Å²) in [4.78, 5) is 11.8. The molecular weight excluding hydrogens is 220 g/mol. The Morgan fingerprint density at radius 1 is 0.889 bits per heavy atom. The number of Topliss-reactive ketones (excluding diaryl/α,β-unsaturated/α-hetero) is 1. The molecule has 0 atom stereocenters. The van der Waals surface area contributed by atoms with Crippen LogP contribution in [-0.2, 0) is 0 Å². The molecule has 0 amide bonds. The standard InChI is InChI=1S/C17H14O/c1-2-17(18)14-10-9-13-8-7-12-5-3-4-6-15(12)16(13)11-14/h3-11H,2H2,1H3. The van der Waals surface area contributed by atoms with Crippen LogP contribution < -0.4 is 0 Å². The van der Waals surface area contributed by atoms with Crippen molar-refractivity contribution < 1.29 is 4.79 Å². The molecule has 0 N–H and O–H groups in total. The van der Waals surface area contributed by atoms with E-state index in [4.69, 9.17) is 0 Å². The van der Waals surface area contributed by atoms with E-state index in [9.17, 15) is 4.79 Å². The van der Waals surface area contributed by atoms with E-state index < -0.39 is 0 Å². The fraction of sp³-hybridized carbons (Fsp3) is 0.118. The van der Waals surface area contributed by atoms with Gasteiger partial charge in [0.05, 0.1) is 0 Å². The van der Waals surface area contributed by atoms with E-state index in [1.54, 1.807) is 0 Å². The van der Waals surface area contributed by atoms with Gasteiger partial charge in [0.15, 0.2) is 5.78 Å². The maximum atomic E-state index is 11.8. The van der Waals surface area contributed by atoms with Crippen LogP contribution in [0.4, 0.5) is 0 Å². The molecule has 0 saturated carbocycles. The third kappa shape index (κ3) is 1.68. The Bertz CT molecular complexity index is 741. The lowest BCUT2D eigenvalue weighted by Crippen LogP contribution is -1.95. The summed E-state index contributed by atoms with van der Waals surface area (Å²) in [5.74, 6) is 0.199. The summed E-state index contributed by atoms with van der Waals surface area (Å²) < 4.78 is 0. The minimum Gasteiger partial charge on any atom is -0.294 e. The largest absolute Gasteiger partial charge is 0.294 e. The summed E-state index contributed by atoms with van der Waals surface area (Å²) in [5, 5.41) is 4.76. The molecular formula is C17H14O. The number of hydrogen-bond acceptors (Lipinski definition) is 1. The van der Waals surface area contributed by atoms with Gasteiger partial charge in [-0.2, -0.15) is 0 Å². The first kappa shape index (κ1) is 11.0. The first-order valence-corrected chi connectivity index (χ1v) is 6.24. The van der Waals surface area contributed by atoms with Crippen LogP contribution in [0, 0.1) is 0 Å². The van der Waals surface area contributed by atoms with Gasteiger partial charge in [-0.1, -0.05) is 55.5 Å². The van der Waals surface area contributed by atoms with Crippen molar-refractivity contribution in [1.29, 1.82) is 0 Å². The highest BCUT2D eigenvalue weighted by Gasteiger charge is 2.05. The van der Waals surface area contributed by atoms with Crippen molar-refractivity contribution in [3.8, 4) is 0 Å². The first-order valence-electron chi connectivity index (χ1n) is 6.24. The second-order valence-electron chi connectivity index (χ2n) is 4.50. The summed E-state index contributed by atoms with van der Waals surface area (Å²) in [6.45, 7) is 1.90. The molecule has 0 saturated heterocycles. The lowest BCUT2D eigenvalue weighted by atomic mass is 9.98. The van der Waals surface area contributed by atoms with E-state index in [0.29, 0.717) is 6.42 Å². The smallest absolute Gasteiger partial charge is 0.162 e. The van der Waals surface area contributed by atoms with E-state index >= 15 is 0 Å². The van der Waals surface area contributed by atoms with Gasteiger partial charge in [-0.3, -0.25) is 4.79 Å². The maximum Gasteiger partial charge on any atom is 0.162 e. The second kappa shape index (κ2) is 4.26. The van der Waals surface area contributed by atoms with Crippen LogP contribution in [0.25, 0.3) is 21.5 Å². The first-order chi connectivity index (χ1) is 8.79. The predicted molar refractivity (Wildman–Crippen MR) is 76.1 cm³/mol. The third-order valence-corrected chi connectivity index (χ3v) is 3.39. The molecule has 0 aliphatic heterocycles. The topological polar surface area (TPSA) is 17.1 Å². The fourth-order valence-corrected chi connectivity index (χ4v) is 2.38. The van der Waals surface area contributed by atoms with E-state index in [1.807, 2.05) is 37.3 Å². The molecule has 0 aliphatic rings. The highest BCUT2D eigenvalue weighted by Crippen LogP contribution is 2.26. The number of rotatable bonds is 2. The van der Waals surface area contributed by atoms with Crippen molar-refractivity contribution in [2.75, 3.05) is 0 Å². The number of benzene rings is 3. The van der Waals surface area contributed by atoms with Crippen LogP contribution >= 0.6 is 0 Å². The van der Waals surface area contributed by atoms with Gasteiger partial charge in [0.25, 0.3) is 0 Å². The van der Waals surface area contributed by atoms with Gasteiger partial charge < -0.3 is 0 Å². The Labute approximate surface area is 106 Å². The third-order valence-electron chi connectivity index (χ3n) is 3.39. The molecule has 0 fully saturated rings. The van der Waals surface area contributed by atoms with Gasteiger partial charge in [0.2, 0.25) is 0 Å². The fourth-order valence-electron chi connectivity index (χ4n) is 2.38. The quantitative estimate of drug-likeness (QED) is 0.468. The van der Waals surface area contributed by atoms with Crippen LogP contribution in [0.15, 0.2) is 54.6 Å². The molecule has 0 bridgehead atoms. The van der Waals surface area contributed by atoms with E-state index in [2.05, 4.69) is 24.3 Å². The number of carbonyl (C=O) groups is 1. The summed E-state index contributed by atoms with van der Waals surface area (Å²) in [6, 6.07) is 18.5. The zero-order valence-corrected chi connectivity index (χ0v) is 10.3. The maximum absolute atomic E-state index is 11.8. The molecule has 3 rings (SSSR count). The molecule has 3 aromatic rings. The van der Waals surface area contributed by atoms with E-state index in [-0.39, 0.29) is 5.78 Å². The Morgan fingerprint density at radius 3 is 2.33 bits per heavy atom.